The lowest BCUT2D eigenvalue weighted by Gasteiger charge is -2.13. The van der Waals surface area contributed by atoms with E-state index >= 15 is 0 Å². The number of aryl methyl sites for hydroxylation is 1. The van der Waals surface area contributed by atoms with Crippen LogP contribution in [0.1, 0.15) is 34.0 Å². The van der Waals surface area contributed by atoms with E-state index in [2.05, 4.69) is 53.7 Å². The molecule has 27 heavy (non-hydrogen) atoms. The van der Waals surface area contributed by atoms with Crippen LogP contribution in [-0.4, -0.2) is 44.0 Å². The Bertz CT molecular complexity index is 783. The summed E-state index contributed by atoms with van der Waals surface area (Å²) in [5, 5.41) is 6.65. The predicted octanol–water partition coefficient (Wildman–Crippen LogP) is 2.99. The van der Waals surface area contributed by atoms with Gasteiger partial charge in [0.15, 0.2) is 5.96 Å². The molecular formula is C22H30N4O. The molecule has 5 heteroatoms. The van der Waals surface area contributed by atoms with Crippen molar-refractivity contribution in [1.29, 1.82) is 0 Å². The molecule has 144 valence electrons. The molecule has 2 aromatic rings. The topological polar surface area (TPSA) is 56.7 Å². The van der Waals surface area contributed by atoms with Gasteiger partial charge in [-0.05, 0) is 43.5 Å². The van der Waals surface area contributed by atoms with Crippen LogP contribution in [0.2, 0.25) is 0 Å². The van der Waals surface area contributed by atoms with Gasteiger partial charge in [0.05, 0.1) is 6.54 Å². The molecule has 0 bridgehead atoms. The quantitative estimate of drug-likeness (QED) is 0.585. The highest BCUT2D eigenvalue weighted by Crippen LogP contribution is 2.08. The van der Waals surface area contributed by atoms with Gasteiger partial charge < -0.3 is 15.5 Å². The van der Waals surface area contributed by atoms with Gasteiger partial charge in [0.25, 0.3) is 5.91 Å². The van der Waals surface area contributed by atoms with Crippen molar-refractivity contribution in [2.24, 2.45) is 4.99 Å². The van der Waals surface area contributed by atoms with Crippen LogP contribution in [0.4, 0.5) is 0 Å². The molecule has 0 aliphatic carbocycles. The second-order valence-electron chi connectivity index (χ2n) is 6.76. The number of hydrogen-bond donors (Lipinski definition) is 2. The van der Waals surface area contributed by atoms with Crippen molar-refractivity contribution in [2.75, 3.05) is 27.2 Å². The Balaban J connectivity index is 1.93. The first-order valence-electron chi connectivity index (χ1n) is 9.38. The average molecular weight is 367 g/mol. The molecule has 2 aromatic carbocycles. The number of aliphatic imine (C=N–C) groups is 1. The van der Waals surface area contributed by atoms with Crippen LogP contribution in [-0.2, 0) is 13.0 Å². The predicted molar refractivity (Wildman–Crippen MR) is 112 cm³/mol. The van der Waals surface area contributed by atoms with E-state index in [4.69, 9.17) is 0 Å². The third-order valence-corrected chi connectivity index (χ3v) is 4.13. The number of rotatable bonds is 7. The molecule has 0 spiro atoms. The Morgan fingerprint density at radius 3 is 2.48 bits per heavy atom. The van der Waals surface area contributed by atoms with Gasteiger partial charge in [-0.2, -0.15) is 0 Å². The molecule has 5 nitrogen and oxygen atoms in total. The summed E-state index contributed by atoms with van der Waals surface area (Å²) < 4.78 is 0. The molecule has 0 saturated carbocycles. The summed E-state index contributed by atoms with van der Waals surface area (Å²) in [7, 11) is 3.54. The third kappa shape index (κ3) is 6.77. The Labute approximate surface area is 162 Å². The van der Waals surface area contributed by atoms with Crippen LogP contribution in [0.15, 0.2) is 53.5 Å². The van der Waals surface area contributed by atoms with Gasteiger partial charge in [-0.25, -0.2) is 4.99 Å². The Hall–Kier alpha value is -2.82. The number of carbonyl (C=O) groups is 1. The number of carbonyl (C=O) groups excluding carboxylic acids is 1. The zero-order chi connectivity index (χ0) is 19.6. The van der Waals surface area contributed by atoms with E-state index in [1.54, 1.807) is 19.0 Å². The summed E-state index contributed by atoms with van der Waals surface area (Å²) in [5.41, 5.74) is 4.29. The molecule has 0 saturated heterocycles. The molecule has 0 aliphatic heterocycles. The molecule has 0 unspecified atom stereocenters. The first-order chi connectivity index (χ1) is 13.0. The number of guanidine groups is 1. The van der Waals surface area contributed by atoms with E-state index in [9.17, 15) is 4.79 Å². The number of nitrogens with one attached hydrogen (secondary N) is 2. The molecule has 2 N–H and O–H groups in total. The van der Waals surface area contributed by atoms with Crippen molar-refractivity contribution in [3.05, 3.63) is 70.8 Å². The molecule has 0 heterocycles. The van der Waals surface area contributed by atoms with E-state index in [0.717, 1.165) is 36.6 Å². The first kappa shape index (κ1) is 20.5. The SMILES string of the molecule is CCNC(=NCc1cccc(C)c1)NCCc1cccc(C(=O)N(C)C)c1. The van der Waals surface area contributed by atoms with Crippen molar-refractivity contribution >= 4 is 11.9 Å². The van der Waals surface area contributed by atoms with Crippen molar-refractivity contribution < 1.29 is 4.79 Å². The Morgan fingerprint density at radius 1 is 1.04 bits per heavy atom. The fraction of sp³-hybridized carbons (Fsp3) is 0.364. The van der Waals surface area contributed by atoms with Crippen LogP contribution in [0.25, 0.3) is 0 Å². The Kier molecular flexibility index (Phi) is 7.86. The summed E-state index contributed by atoms with van der Waals surface area (Å²) >= 11 is 0. The zero-order valence-corrected chi connectivity index (χ0v) is 16.7. The second kappa shape index (κ2) is 10.4. The molecule has 0 aliphatic rings. The molecule has 0 radical (unpaired) electrons. The van der Waals surface area contributed by atoms with Gasteiger partial charge in [0.2, 0.25) is 0 Å². The standard InChI is InChI=1S/C22H30N4O/c1-5-23-22(25-16-19-10-6-8-17(2)14-19)24-13-12-18-9-7-11-20(15-18)21(27)26(3)4/h6-11,14-15H,5,12-13,16H2,1-4H3,(H2,23,24,25). The third-order valence-electron chi connectivity index (χ3n) is 4.13. The first-order valence-corrected chi connectivity index (χ1v) is 9.38. The van der Waals surface area contributed by atoms with Crippen molar-refractivity contribution in [3.8, 4) is 0 Å². The number of amides is 1. The van der Waals surface area contributed by atoms with E-state index in [0.29, 0.717) is 6.54 Å². The summed E-state index contributed by atoms with van der Waals surface area (Å²) in [6.07, 6.45) is 0.823. The number of benzene rings is 2. The van der Waals surface area contributed by atoms with Crippen molar-refractivity contribution in [3.63, 3.8) is 0 Å². The van der Waals surface area contributed by atoms with Crippen LogP contribution < -0.4 is 10.6 Å². The maximum absolute atomic E-state index is 12.1. The van der Waals surface area contributed by atoms with Crippen molar-refractivity contribution in [2.45, 2.75) is 26.8 Å². The molecule has 0 aromatic heterocycles. The largest absolute Gasteiger partial charge is 0.357 e. The number of hydrogen-bond acceptors (Lipinski definition) is 2. The lowest BCUT2D eigenvalue weighted by molar-refractivity contribution is 0.0827. The van der Waals surface area contributed by atoms with E-state index < -0.39 is 0 Å². The lowest BCUT2D eigenvalue weighted by Crippen LogP contribution is -2.38. The van der Waals surface area contributed by atoms with Crippen LogP contribution in [0.3, 0.4) is 0 Å². The highest BCUT2D eigenvalue weighted by Gasteiger charge is 2.08. The van der Waals surface area contributed by atoms with Gasteiger partial charge in [0, 0.05) is 32.7 Å². The summed E-state index contributed by atoms with van der Waals surface area (Å²) in [6.45, 7) is 6.35. The van der Waals surface area contributed by atoms with Gasteiger partial charge >= 0.3 is 0 Å². The maximum Gasteiger partial charge on any atom is 0.253 e. The maximum atomic E-state index is 12.1. The smallest absolute Gasteiger partial charge is 0.253 e. The van der Waals surface area contributed by atoms with Crippen LogP contribution in [0.5, 0.6) is 0 Å². The fourth-order valence-electron chi connectivity index (χ4n) is 2.77. The minimum absolute atomic E-state index is 0.0258. The van der Waals surface area contributed by atoms with Crippen molar-refractivity contribution in [1.82, 2.24) is 15.5 Å². The van der Waals surface area contributed by atoms with Crippen LogP contribution >= 0.6 is 0 Å². The monoisotopic (exact) mass is 366 g/mol. The summed E-state index contributed by atoms with van der Waals surface area (Å²) in [5.74, 6) is 0.831. The Morgan fingerprint density at radius 2 is 1.78 bits per heavy atom. The lowest BCUT2D eigenvalue weighted by atomic mass is 10.1. The van der Waals surface area contributed by atoms with Gasteiger partial charge in [-0.1, -0.05) is 42.0 Å². The van der Waals surface area contributed by atoms with Crippen LogP contribution in [0, 0.1) is 6.92 Å². The normalized spacial score (nSPS) is 11.2. The fourth-order valence-corrected chi connectivity index (χ4v) is 2.77. The van der Waals surface area contributed by atoms with Gasteiger partial charge in [0.1, 0.15) is 0 Å². The number of nitrogens with zero attached hydrogens (tertiary/aromatic N) is 2. The van der Waals surface area contributed by atoms with E-state index in [1.165, 1.54) is 11.1 Å². The zero-order valence-electron chi connectivity index (χ0n) is 16.7. The molecule has 0 atom stereocenters. The molecule has 2 rings (SSSR count). The van der Waals surface area contributed by atoms with Gasteiger partial charge in [-0.3, -0.25) is 4.79 Å². The van der Waals surface area contributed by atoms with E-state index in [-0.39, 0.29) is 5.91 Å². The van der Waals surface area contributed by atoms with Gasteiger partial charge in [-0.15, -0.1) is 0 Å². The highest BCUT2D eigenvalue weighted by atomic mass is 16.2. The highest BCUT2D eigenvalue weighted by molar-refractivity contribution is 5.94. The summed E-state index contributed by atoms with van der Waals surface area (Å²) in [4.78, 5) is 18.3. The minimum Gasteiger partial charge on any atom is -0.357 e. The molecular weight excluding hydrogens is 336 g/mol. The molecule has 0 fully saturated rings. The average Bonchev–Trinajstić information content (AvgIpc) is 2.65. The summed E-state index contributed by atoms with van der Waals surface area (Å²) in [6, 6.07) is 16.2. The minimum atomic E-state index is 0.0258. The molecule has 1 amide bonds. The van der Waals surface area contributed by atoms with E-state index in [1.807, 2.05) is 24.3 Å². The second-order valence-corrected chi connectivity index (χ2v) is 6.76.